The highest BCUT2D eigenvalue weighted by Gasteiger charge is 2.29. The molecule has 0 amide bonds. The van der Waals surface area contributed by atoms with Gasteiger partial charge < -0.3 is 9.47 Å². The predicted octanol–water partition coefficient (Wildman–Crippen LogP) is 3.86. The van der Waals surface area contributed by atoms with Crippen LogP contribution in [0.15, 0.2) is 30.6 Å². The van der Waals surface area contributed by atoms with Gasteiger partial charge in [-0.05, 0) is 18.1 Å². The molecule has 0 saturated carbocycles. The summed E-state index contributed by atoms with van der Waals surface area (Å²) < 4.78 is 11.2. The second-order valence-corrected chi connectivity index (χ2v) is 5.50. The molecular weight excluding hydrogens is 304 g/mol. The van der Waals surface area contributed by atoms with Gasteiger partial charge in [-0.1, -0.05) is 37.1 Å². The van der Waals surface area contributed by atoms with Crippen LogP contribution >= 0.6 is 11.6 Å². The van der Waals surface area contributed by atoms with E-state index in [4.69, 9.17) is 21.1 Å². The van der Waals surface area contributed by atoms with Crippen LogP contribution in [-0.2, 0) is 16.0 Å². The SMILES string of the molecule is CCCC1OC(=O)Cc2cccc(Oc3ncc(Cl)cn3)c21. The minimum atomic E-state index is -0.287. The molecule has 0 bridgehead atoms. The summed E-state index contributed by atoms with van der Waals surface area (Å²) in [6.07, 6.45) is 4.58. The number of carbonyl (C=O) groups excluding carboxylic acids is 1. The van der Waals surface area contributed by atoms with E-state index in [1.807, 2.05) is 25.1 Å². The fraction of sp³-hybridized carbons (Fsp3) is 0.312. The van der Waals surface area contributed by atoms with Gasteiger partial charge in [0.15, 0.2) is 0 Å². The molecule has 1 unspecified atom stereocenters. The van der Waals surface area contributed by atoms with Gasteiger partial charge in [0, 0.05) is 5.56 Å². The molecule has 3 rings (SSSR count). The number of rotatable bonds is 4. The first-order valence-electron chi connectivity index (χ1n) is 7.14. The van der Waals surface area contributed by atoms with Crippen molar-refractivity contribution >= 4 is 17.6 Å². The van der Waals surface area contributed by atoms with E-state index in [1.165, 1.54) is 12.4 Å². The molecule has 0 aliphatic carbocycles. The molecule has 2 aromatic rings. The van der Waals surface area contributed by atoms with E-state index >= 15 is 0 Å². The van der Waals surface area contributed by atoms with Crippen LogP contribution in [0.25, 0.3) is 0 Å². The van der Waals surface area contributed by atoms with E-state index in [1.54, 1.807) is 0 Å². The molecule has 114 valence electrons. The van der Waals surface area contributed by atoms with Crippen molar-refractivity contribution in [3.8, 4) is 11.8 Å². The van der Waals surface area contributed by atoms with Crippen molar-refractivity contribution in [2.45, 2.75) is 32.3 Å². The Bertz CT molecular complexity index is 688. The molecule has 1 aromatic heterocycles. The number of hydrogen-bond donors (Lipinski definition) is 0. The Labute approximate surface area is 133 Å². The molecule has 0 fully saturated rings. The number of hydrogen-bond acceptors (Lipinski definition) is 5. The smallest absolute Gasteiger partial charge is 0.321 e. The van der Waals surface area contributed by atoms with Gasteiger partial charge in [0.05, 0.1) is 23.8 Å². The van der Waals surface area contributed by atoms with E-state index in [0.717, 1.165) is 24.0 Å². The molecule has 2 heterocycles. The van der Waals surface area contributed by atoms with Crippen LogP contribution in [0.4, 0.5) is 0 Å². The minimum Gasteiger partial charge on any atom is -0.457 e. The number of cyclic esters (lactones) is 1. The third-order valence-corrected chi connectivity index (χ3v) is 3.63. The number of carbonyl (C=O) groups is 1. The maximum absolute atomic E-state index is 11.7. The van der Waals surface area contributed by atoms with Crippen molar-refractivity contribution in [2.75, 3.05) is 0 Å². The van der Waals surface area contributed by atoms with Crippen molar-refractivity contribution in [1.82, 2.24) is 9.97 Å². The largest absolute Gasteiger partial charge is 0.457 e. The molecule has 22 heavy (non-hydrogen) atoms. The van der Waals surface area contributed by atoms with Gasteiger partial charge in [0.25, 0.3) is 0 Å². The zero-order chi connectivity index (χ0) is 15.5. The molecule has 0 saturated heterocycles. The standard InChI is InChI=1S/C16H15ClN2O3/c1-2-4-12-15-10(7-14(20)21-12)5-3-6-13(15)22-16-18-8-11(17)9-19-16/h3,5-6,8-9,12H,2,4,7H2,1H3. The Morgan fingerprint density at radius 3 is 2.86 bits per heavy atom. The molecule has 0 spiro atoms. The summed E-state index contributed by atoms with van der Waals surface area (Å²) in [7, 11) is 0. The van der Waals surface area contributed by atoms with Crippen molar-refractivity contribution in [1.29, 1.82) is 0 Å². The second-order valence-electron chi connectivity index (χ2n) is 5.06. The topological polar surface area (TPSA) is 61.3 Å². The summed E-state index contributed by atoms with van der Waals surface area (Å²) in [5.74, 6) is 0.414. The van der Waals surface area contributed by atoms with Crippen molar-refractivity contribution < 1.29 is 14.3 Å². The van der Waals surface area contributed by atoms with E-state index in [2.05, 4.69) is 9.97 Å². The molecule has 1 atom stereocenters. The van der Waals surface area contributed by atoms with E-state index in [9.17, 15) is 4.79 Å². The zero-order valence-corrected chi connectivity index (χ0v) is 12.8. The van der Waals surface area contributed by atoms with Crippen LogP contribution in [0.3, 0.4) is 0 Å². The molecular formula is C16H15ClN2O3. The monoisotopic (exact) mass is 318 g/mol. The Hall–Kier alpha value is -2.14. The van der Waals surface area contributed by atoms with Gasteiger partial charge in [-0.25, -0.2) is 9.97 Å². The van der Waals surface area contributed by atoms with Crippen molar-refractivity contribution in [3.05, 3.63) is 46.7 Å². The number of nitrogens with zero attached hydrogens (tertiary/aromatic N) is 2. The molecule has 1 aliphatic heterocycles. The maximum atomic E-state index is 11.7. The van der Waals surface area contributed by atoms with Gasteiger partial charge in [0.2, 0.25) is 0 Å². The van der Waals surface area contributed by atoms with Crippen LogP contribution < -0.4 is 4.74 Å². The van der Waals surface area contributed by atoms with Gasteiger partial charge >= 0.3 is 12.0 Å². The Balaban J connectivity index is 1.96. The number of ether oxygens (including phenoxy) is 2. The number of halogens is 1. The Kier molecular flexibility index (Phi) is 4.24. The average molecular weight is 319 g/mol. The lowest BCUT2D eigenvalue weighted by atomic mass is 9.94. The van der Waals surface area contributed by atoms with Crippen LogP contribution in [-0.4, -0.2) is 15.9 Å². The van der Waals surface area contributed by atoms with E-state index in [-0.39, 0.29) is 24.5 Å². The number of aromatic nitrogens is 2. The number of benzene rings is 1. The fourth-order valence-electron chi connectivity index (χ4n) is 2.53. The van der Waals surface area contributed by atoms with Crippen molar-refractivity contribution in [3.63, 3.8) is 0 Å². The Morgan fingerprint density at radius 2 is 2.14 bits per heavy atom. The summed E-state index contributed by atoms with van der Waals surface area (Å²) in [4.78, 5) is 19.8. The number of fused-ring (bicyclic) bond motifs is 1. The first kappa shape index (κ1) is 14.8. The van der Waals surface area contributed by atoms with Crippen LogP contribution in [0.2, 0.25) is 5.02 Å². The lowest BCUT2D eigenvalue weighted by molar-refractivity contribution is -0.150. The summed E-state index contributed by atoms with van der Waals surface area (Å²) in [5.41, 5.74) is 1.84. The van der Waals surface area contributed by atoms with Gasteiger partial charge in [0.1, 0.15) is 11.9 Å². The van der Waals surface area contributed by atoms with E-state index in [0.29, 0.717) is 10.8 Å². The molecule has 0 radical (unpaired) electrons. The summed E-state index contributed by atoms with van der Waals surface area (Å²) in [6, 6.07) is 5.82. The lowest BCUT2D eigenvalue weighted by Crippen LogP contribution is -2.22. The summed E-state index contributed by atoms with van der Waals surface area (Å²) >= 11 is 5.77. The first-order valence-corrected chi connectivity index (χ1v) is 7.52. The van der Waals surface area contributed by atoms with Crippen molar-refractivity contribution in [2.24, 2.45) is 0 Å². The first-order chi connectivity index (χ1) is 10.7. The highest BCUT2D eigenvalue weighted by atomic mass is 35.5. The number of esters is 1. The van der Waals surface area contributed by atoms with Gasteiger partial charge in [-0.3, -0.25) is 4.79 Å². The summed E-state index contributed by atoms with van der Waals surface area (Å²) in [6.45, 7) is 2.05. The van der Waals surface area contributed by atoms with Gasteiger partial charge in [-0.15, -0.1) is 0 Å². The minimum absolute atomic E-state index is 0.203. The molecule has 6 heteroatoms. The van der Waals surface area contributed by atoms with Crippen LogP contribution in [0.1, 0.15) is 37.0 Å². The predicted molar refractivity (Wildman–Crippen MR) is 81.0 cm³/mol. The van der Waals surface area contributed by atoms with Gasteiger partial charge in [-0.2, -0.15) is 0 Å². The highest BCUT2D eigenvalue weighted by molar-refractivity contribution is 6.30. The van der Waals surface area contributed by atoms with E-state index < -0.39 is 0 Å². The molecule has 0 N–H and O–H groups in total. The molecule has 5 nitrogen and oxygen atoms in total. The quantitative estimate of drug-likeness (QED) is 0.801. The third kappa shape index (κ3) is 3.04. The Morgan fingerprint density at radius 1 is 1.36 bits per heavy atom. The lowest BCUT2D eigenvalue weighted by Gasteiger charge is -2.27. The van der Waals surface area contributed by atoms with Crippen LogP contribution in [0.5, 0.6) is 11.8 Å². The molecule has 1 aromatic carbocycles. The second kappa shape index (κ2) is 6.32. The molecule has 1 aliphatic rings. The average Bonchev–Trinajstić information content (AvgIpc) is 2.49. The highest BCUT2D eigenvalue weighted by Crippen LogP contribution is 2.39. The summed E-state index contributed by atoms with van der Waals surface area (Å²) in [5, 5.41) is 0.445. The third-order valence-electron chi connectivity index (χ3n) is 3.44. The normalized spacial score (nSPS) is 16.8. The fourth-order valence-corrected chi connectivity index (χ4v) is 2.63. The zero-order valence-electron chi connectivity index (χ0n) is 12.1. The van der Waals surface area contributed by atoms with Crippen LogP contribution in [0, 0.1) is 0 Å². The maximum Gasteiger partial charge on any atom is 0.321 e.